The number of fused-ring (bicyclic) bond motifs is 1. The van der Waals surface area contributed by atoms with Crippen LogP contribution in [0.5, 0.6) is 0 Å². The summed E-state index contributed by atoms with van der Waals surface area (Å²) in [5.74, 6) is 1.31. The molecule has 0 fully saturated rings. The van der Waals surface area contributed by atoms with Gasteiger partial charge in [0.2, 0.25) is 0 Å². The highest BCUT2D eigenvalue weighted by Crippen LogP contribution is 2.16. The van der Waals surface area contributed by atoms with Crippen molar-refractivity contribution in [2.75, 3.05) is 11.9 Å². The number of aliphatic hydroxyl groups excluding tert-OH is 1. The van der Waals surface area contributed by atoms with Crippen molar-refractivity contribution in [1.82, 2.24) is 19.6 Å². The highest BCUT2D eigenvalue weighted by Gasteiger charge is 2.10. The number of nitrogens with zero attached hydrogens (tertiary/aromatic N) is 4. The molecule has 2 N–H and O–H groups in total. The van der Waals surface area contributed by atoms with E-state index in [2.05, 4.69) is 20.4 Å². The van der Waals surface area contributed by atoms with Crippen LogP contribution in [0.15, 0.2) is 36.7 Å². The molecule has 0 saturated heterocycles. The molecular formula is C15H17N5O. The van der Waals surface area contributed by atoms with E-state index in [-0.39, 0.29) is 0 Å². The summed E-state index contributed by atoms with van der Waals surface area (Å²) >= 11 is 0. The van der Waals surface area contributed by atoms with E-state index in [0.717, 1.165) is 22.6 Å². The maximum Gasteiger partial charge on any atom is 0.254 e. The van der Waals surface area contributed by atoms with Gasteiger partial charge in [-0.25, -0.2) is 4.98 Å². The molecule has 3 rings (SSSR count). The number of benzene rings is 1. The quantitative estimate of drug-likeness (QED) is 0.764. The van der Waals surface area contributed by atoms with Gasteiger partial charge >= 0.3 is 0 Å². The molecule has 21 heavy (non-hydrogen) atoms. The number of aromatic nitrogens is 4. The normalized spacial score (nSPS) is 12.5. The van der Waals surface area contributed by atoms with Crippen molar-refractivity contribution < 1.29 is 5.11 Å². The van der Waals surface area contributed by atoms with E-state index in [4.69, 9.17) is 0 Å². The molecule has 0 aliphatic carbocycles. The lowest BCUT2D eigenvalue weighted by atomic mass is 10.1. The second-order valence-corrected chi connectivity index (χ2v) is 5.07. The SMILES string of the molecule is Cc1cccc(C(O)CNc2cc(C)nc3ncnn23)c1. The monoisotopic (exact) mass is 283 g/mol. The summed E-state index contributed by atoms with van der Waals surface area (Å²) in [7, 11) is 0. The van der Waals surface area contributed by atoms with Crippen molar-refractivity contribution in [3.05, 3.63) is 53.5 Å². The van der Waals surface area contributed by atoms with Crippen LogP contribution in [0.2, 0.25) is 0 Å². The molecule has 6 nitrogen and oxygen atoms in total. The molecule has 0 spiro atoms. The Bertz CT molecular complexity index is 768. The molecule has 0 radical (unpaired) electrons. The third-order valence-electron chi connectivity index (χ3n) is 3.28. The first-order valence-corrected chi connectivity index (χ1v) is 6.79. The van der Waals surface area contributed by atoms with Crippen LogP contribution in [-0.2, 0) is 0 Å². The maximum absolute atomic E-state index is 10.3. The van der Waals surface area contributed by atoms with Crippen molar-refractivity contribution >= 4 is 11.6 Å². The highest BCUT2D eigenvalue weighted by molar-refractivity contribution is 5.45. The minimum Gasteiger partial charge on any atom is -0.387 e. The van der Waals surface area contributed by atoms with Gasteiger partial charge in [0.15, 0.2) is 0 Å². The van der Waals surface area contributed by atoms with Gasteiger partial charge in [0, 0.05) is 18.3 Å². The summed E-state index contributed by atoms with van der Waals surface area (Å²) < 4.78 is 1.62. The molecule has 6 heteroatoms. The number of hydrogen-bond acceptors (Lipinski definition) is 5. The number of aryl methyl sites for hydroxylation is 2. The Morgan fingerprint density at radius 2 is 2.14 bits per heavy atom. The maximum atomic E-state index is 10.3. The minimum absolute atomic E-state index is 0.391. The Balaban J connectivity index is 1.78. The van der Waals surface area contributed by atoms with Crippen molar-refractivity contribution in [3.63, 3.8) is 0 Å². The molecule has 1 aromatic carbocycles. The van der Waals surface area contributed by atoms with Gasteiger partial charge in [-0.05, 0) is 19.4 Å². The van der Waals surface area contributed by atoms with Gasteiger partial charge in [-0.2, -0.15) is 14.6 Å². The molecule has 0 saturated carbocycles. The Kier molecular flexibility index (Phi) is 3.53. The minimum atomic E-state index is -0.586. The van der Waals surface area contributed by atoms with Crippen LogP contribution >= 0.6 is 0 Å². The van der Waals surface area contributed by atoms with Gasteiger partial charge in [-0.3, -0.25) is 0 Å². The molecule has 0 amide bonds. The second-order valence-electron chi connectivity index (χ2n) is 5.07. The van der Waals surface area contributed by atoms with Crippen molar-refractivity contribution in [3.8, 4) is 0 Å². The van der Waals surface area contributed by atoms with Crippen molar-refractivity contribution in [2.45, 2.75) is 20.0 Å². The van der Waals surface area contributed by atoms with Gasteiger partial charge in [-0.15, -0.1) is 0 Å². The van der Waals surface area contributed by atoms with E-state index in [0.29, 0.717) is 12.3 Å². The van der Waals surface area contributed by atoms with E-state index in [1.807, 2.05) is 44.2 Å². The number of anilines is 1. The van der Waals surface area contributed by atoms with Gasteiger partial charge in [0.25, 0.3) is 5.78 Å². The van der Waals surface area contributed by atoms with E-state index >= 15 is 0 Å². The lowest BCUT2D eigenvalue weighted by Crippen LogP contribution is -2.15. The predicted molar refractivity (Wildman–Crippen MR) is 80.1 cm³/mol. The number of aliphatic hydroxyl groups is 1. The van der Waals surface area contributed by atoms with Gasteiger partial charge < -0.3 is 10.4 Å². The number of rotatable bonds is 4. The molecule has 0 aliphatic heterocycles. The van der Waals surface area contributed by atoms with E-state index in [1.54, 1.807) is 4.52 Å². The third-order valence-corrected chi connectivity index (χ3v) is 3.28. The summed E-state index contributed by atoms with van der Waals surface area (Å²) in [6.45, 7) is 4.30. The summed E-state index contributed by atoms with van der Waals surface area (Å²) in [5.41, 5.74) is 2.87. The molecule has 2 heterocycles. The topological polar surface area (TPSA) is 75.3 Å². The van der Waals surface area contributed by atoms with Crippen molar-refractivity contribution in [2.24, 2.45) is 0 Å². The Morgan fingerprint density at radius 3 is 2.95 bits per heavy atom. The molecule has 0 aliphatic rings. The standard InChI is InChI=1S/C15H17N5O/c1-10-4-3-5-12(6-10)13(21)8-16-14-7-11(2)19-15-17-9-18-20(14)15/h3-7,9,13,16,21H,8H2,1-2H3. The molecule has 1 unspecified atom stereocenters. The number of nitrogens with one attached hydrogen (secondary N) is 1. The molecule has 1 atom stereocenters. The van der Waals surface area contributed by atoms with Gasteiger partial charge in [-0.1, -0.05) is 29.8 Å². The van der Waals surface area contributed by atoms with Crippen LogP contribution in [-0.4, -0.2) is 31.2 Å². The fourth-order valence-electron chi connectivity index (χ4n) is 2.25. The molecule has 108 valence electrons. The second kappa shape index (κ2) is 5.49. The van der Waals surface area contributed by atoms with Crippen LogP contribution in [0.4, 0.5) is 5.82 Å². The fourth-order valence-corrected chi connectivity index (χ4v) is 2.25. The summed E-state index contributed by atoms with van der Waals surface area (Å²) in [4.78, 5) is 8.36. The zero-order chi connectivity index (χ0) is 14.8. The third kappa shape index (κ3) is 2.85. The van der Waals surface area contributed by atoms with Crippen LogP contribution in [0, 0.1) is 13.8 Å². The van der Waals surface area contributed by atoms with Crippen LogP contribution in [0.3, 0.4) is 0 Å². The Morgan fingerprint density at radius 1 is 1.29 bits per heavy atom. The van der Waals surface area contributed by atoms with Crippen molar-refractivity contribution in [1.29, 1.82) is 0 Å². The summed E-state index contributed by atoms with van der Waals surface area (Å²) in [6.07, 6.45) is 0.876. The first kappa shape index (κ1) is 13.5. The first-order chi connectivity index (χ1) is 10.1. The lowest BCUT2D eigenvalue weighted by Gasteiger charge is -2.14. The van der Waals surface area contributed by atoms with Crippen LogP contribution in [0.25, 0.3) is 5.78 Å². The van der Waals surface area contributed by atoms with E-state index < -0.39 is 6.10 Å². The average molecular weight is 283 g/mol. The summed E-state index contributed by atoms with van der Waals surface area (Å²) in [5, 5.41) is 17.6. The molecule has 3 aromatic rings. The zero-order valence-corrected chi connectivity index (χ0v) is 12.0. The van der Waals surface area contributed by atoms with E-state index in [9.17, 15) is 5.11 Å². The van der Waals surface area contributed by atoms with Gasteiger partial charge in [0.05, 0.1) is 6.10 Å². The molecule has 0 bridgehead atoms. The van der Waals surface area contributed by atoms with Crippen LogP contribution < -0.4 is 5.32 Å². The first-order valence-electron chi connectivity index (χ1n) is 6.79. The van der Waals surface area contributed by atoms with Gasteiger partial charge in [0.1, 0.15) is 12.1 Å². The largest absolute Gasteiger partial charge is 0.387 e. The zero-order valence-electron chi connectivity index (χ0n) is 12.0. The predicted octanol–water partition coefficient (Wildman–Crippen LogP) is 1.89. The number of hydrogen-bond donors (Lipinski definition) is 2. The van der Waals surface area contributed by atoms with E-state index in [1.165, 1.54) is 6.33 Å². The highest BCUT2D eigenvalue weighted by atomic mass is 16.3. The smallest absolute Gasteiger partial charge is 0.254 e. The van der Waals surface area contributed by atoms with Crippen LogP contribution in [0.1, 0.15) is 22.9 Å². The molecular weight excluding hydrogens is 266 g/mol. The fraction of sp³-hybridized carbons (Fsp3) is 0.267. The molecule has 2 aromatic heterocycles. The summed E-state index contributed by atoms with van der Waals surface area (Å²) in [6, 6.07) is 9.73. The Labute approximate surface area is 122 Å². The lowest BCUT2D eigenvalue weighted by molar-refractivity contribution is 0.191. The average Bonchev–Trinajstić information content (AvgIpc) is 2.92. The Hall–Kier alpha value is -2.47.